The number of methoxy groups -OCH3 is 2. The lowest BCUT2D eigenvalue weighted by atomic mass is 10.0. The minimum Gasteiger partial charge on any atom is -0.493 e. The van der Waals surface area contributed by atoms with Gasteiger partial charge in [-0.1, -0.05) is 55.0 Å². The molecule has 1 atom stereocenters. The van der Waals surface area contributed by atoms with Gasteiger partial charge in [-0.05, 0) is 24.1 Å². The van der Waals surface area contributed by atoms with E-state index in [-0.39, 0.29) is 5.38 Å². The quantitative estimate of drug-likeness (QED) is 0.389. The number of rotatable bonds is 9. The first kappa shape index (κ1) is 17.6. The normalized spacial score (nSPS) is 12.2. The summed E-state index contributed by atoms with van der Waals surface area (Å²) in [5, 5.41) is 0.00538. The molecular weight excluding hydrogens is 340 g/mol. The summed E-state index contributed by atoms with van der Waals surface area (Å²) in [5.41, 5.74) is 1.07. The van der Waals surface area contributed by atoms with E-state index in [9.17, 15) is 0 Å². The van der Waals surface area contributed by atoms with Crippen LogP contribution < -0.4 is 9.47 Å². The Kier molecular flexibility index (Phi) is 8.39. The van der Waals surface area contributed by atoms with Gasteiger partial charge in [-0.25, -0.2) is 0 Å². The molecule has 4 heteroatoms. The number of alkyl halides is 1. The van der Waals surface area contributed by atoms with Crippen molar-refractivity contribution < 1.29 is 9.47 Å². The number of hydrogen-bond donors (Lipinski definition) is 0. The molecule has 0 fully saturated rings. The second kappa shape index (κ2) is 9.51. The molecule has 0 aliphatic rings. The van der Waals surface area contributed by atoms with Gasteiger partial charge in [0.25, 0.3) is 0 Å². The summed E-state index contributed by atoms with van der Waals surface area (Å²) in [6.07, 6.45) is 7.28. The van der Waals surface area contributed by atoms with Crippen molar-refractivity contribution >= 4 is 27.5 Å². The van der Waals surface area contributed by atoms with Gasteiger partial charge in [-0.3, -0.25) is 0 Å². The first-order valence-electron chi connectivity index (χ1n) is 7.19. The molecule has 1 unspecified atom stereocenters. The third kappa shape index (κ3) is 5.17. The Balaban J connectivity index is 2.65. The van der Waals surface area contributed by atoms with E-state index in [2.05, 4.69) is 22.9 Å². The maximum Gasteiger partial charge on any atom is 0.161 e. The summed E-state index contributed by atoms with van der Waals surface area (Å²) in [7, 11) is 3.28. The molecule has 0 saturated heterocycles. The molecule has 20 heavy (non-hydrogen) atoms. The van der Waals surface area contributed by atoms with E-state index in [4.69, 9.17) is 21.1 Å². The van der Waals surface area contributed by atoms with Crippen LogP contribution in [0.1, 0.15) is 56.4 Å². The van der Waals surface area contributed by atoms with E-state index in [1.807, 2.05) is 12.1 Å². The van der Waals surface area contributed by atoms with E-state index in [1.54, 1.807) is 14.2 Å². The van der Waals surface area contributed by atoms with Crippen molar-refractivity contribution in [2.45, 2.75) is 50.8 Å². The van der Waals surface area contributed by atoms with Gasteiger partial charge in [0, 0.05) is 4.47 Å². The average Bonchev–Trinajstić information content (AvgIpc) is 2.46. The molecule has 0 aliphatic heterocycles. The van der Waals surface area contributed by atoms with Crippen LogP contribution in [-0.2, 0) is 0 Å². The van der Waals surface area contributed by atoms with Crippen molar-refractivity contribution in [2.24, 2.45) is 0 Å². The molecular formula is C16H24BrClO2. The minimum atomic E-state index is 0.00538. The highest BCUT2D eigenvalue weighted by Crippen LogP contribution is 2.39. The molecule has 0 aromatic heterocycles. The Morgan fingerprint density at radius 2 is 1.65 bits per heavy atom. The zero-order valence-corrected chi connectivity index (χ0v) is 14.9. The van der Waals surface area contributed by atoms with Gasteiger partial charge >= 0.3 is 0 Å². The summed E-state index contributed by atoms with van der Waals surface area (Å²) in [4.78, 5) is 0. The van der Waals surface area contributed by atoms with E-state index in [1.165, 1.54) is 25.7 Å². The number of unbranched alkanes of at least 4 members (excludes halogenated alkanes) is 4. The van der Waals surface area contributed by atoms with Crippen LogP contribution in [0.15, 0.2) is 16.6 Å². The van der Waals surface area contributed by atoms with Gasteiger partial charge < -0.3 is 9.47 Å². The first-order valence-corrected chi connectivity index (χ1v) is 8.42. The van der Waals surface area contributed by atoms with Gasteiger partial charge in [-0.15, -0.1) is 11.6 Å². The van der Waals surface area contributed by atoms with Crippen LogP contribution in [0.4, 0.5) is 0 Å². The average molecular weight is 364 g/mol. The van der Waals surface area contributed by atoms with Crippen molar-refractivity contribution in [3.8, 4) is 11.5 Å². The fourth-order valence-corrected chi connectivity index (χ4v) is 3.26. The van der Waals surface area contributed by atoms with E-state index < -0.39 is 0 Å². The molecule has 0 heterocycles. The van der Waals surface area contributed by atoms with Gasteiger partial charge in [0.05, 0.1) is 19.6 Å². The fourth-order valence-electron chi connectivity index (χ4n) is 2.19. The Morgan fingerprint density at radius 1 is 1.05 bits per heavy atom. The fraction of sp³-hybridized carbons (Fsp3) is 0.625. The van der Waals surface area contributed by atoms with Gasteiger partial charge in [0.1, 0.15) is 0 Å². The third-order valence-corrected chi connectivity index (χ3v) is 4.54. The number of benzene rings is 1. The lowest BCUT2D eigenvalue weighted by molar-refractivity contribution is 0.354. The van der Waals surface area contributed by atoms with E-state index in [0.717, 1.165) is 34.4 Å². The predicted octanol–water partition coefficient (Wildman–Crippen LogP) is 6.11. The number of halogens is 2. The van der Waals surface area contributed by atoms with Crippen LogP contribution in [0.5, 0.6) is 11.5 Å². The van der Waals surface area contributed by atoms with Crippen molar-refractivity contribution in [2.75, 3.05) is 14.2 Å². The molecule has 1 aromatic carbocycles. The summed E-state index contributed by atoms with van der Waals surface area (Å²) in [6.45, 7) is 2.23. The molecule has 0 N–H and O–H groups in total. The Hall–Kier alpha value is -0.410. The molecule has 1 aromatic rings. The van der Waals surface area contributed by atoms with Crippen LogP contribution in [0.3, 0.4) is 0 Å². The molecule has 0 amide bonds. The Labute approximate surface area is 135 Å². The van der Waals surface area contributed by atoms with Crippen molar-refractivity contribution in [1.82, 2.24) is 0 Å². The molecule has 0 bridgehead atoms. The highest BCUT2D eigenvalue weighted by Gasteiger charge is 2.16. The summed E-state index contributed by atoms with van der Waals surface area (Å²) >= 11 is 10.1. The highest BCUT2D eigenvalue weighted by molar-refractivity contribution is 9.10. The topological polar surface area (TPSA) is 18.5 Å². The van der Waals surface area contributed by atoms with Crippen molar-refractivity contribution in [1.29, 1.82) is 0 Å². The predicted molar refractivity (Wildman–Crippen MR) is 89.2 cm³/mol. The van der Waals surface area contributed by atoms with E-state index in [0.29, 0.717) is 0 Å². The molecule has 114 valence electrons. The molecule has 0 aliphatic carbocycles. The largest absolute Gasteiger partial charge is 0.493 e. The summed E-state index contributed by atoms with van der Waals surface area (Å²) < 4.78 is 11.6. The Bertz CT molecular complexity index is 410. The highest BCUT2D eigenvalue weighted by atomic mass is 79.9. The summed E-state index contributed by atoms with van der Waals surface area (Å²) in [5.74, 6) is 1.44. The smallest absolute Gasteiger partial charge is 0.161 e. The van der Waals surface area contributed by atoms with Crippen LogP contribution in [0.2, 0.25) is 0 Å². The lowest BCUT2D eigenvalue weighted by Gasteiger charge is -2.15. The Morgan fingerprint density at radius 3 is 2.25 bits per heavy atom. The van der Waals surface area contributed by atoms with Crippen molar-refractivity contribution in [3.63, 3.8) is 0 Å². The first-order chi connectivity index (χ1) is 9.63. The number of hydrogen-bond acceptors (Lipinski definition) is 2. The minimum absolute atomic E-state index is 0.00538. The van der Waals surface area contributed by atoms with Gasteiger partial charge in [0.15, 0.2) is 11.5 Å². The second-order valence-electron chi connectivity index (χ2n) is 4.90. The maximum atomic E-state index is 6.52. The second-order valence-corrected chi connectivity index (χ2v) is 6.28. The SMILES string of the molecule is CCCCCCCC(Cl)c1cc(OC)c(OC)cc1Br. The maximum absolute atomic E-state index is 6.52. The van der Waals surface area contributed by atoms with Crippen LogP contribution in [0, 0.1) is 0 Å². The van der Waals surface area contributed by atoms with Gasteiger partial charge in [-0.2, -0.15) is 0 Å². The van der Waals surface area contributed by atoms with E-state index >= 15 is 0 Å². The van der Waals surface area contributed by atoms with Crippen LogP contribution in [0.25, 0.3) is 0 Å². The molecule has 0 saturated carbocycles. The molecule has 0 spiro atoms. The zero-order valence-electron chi connectivity index (χ0n) is 12.5. The van der Waals surface area contributed by atoms with Crippen LogP contribution in [-0.4, -0.2) is 14.2 Å². The van der Waals surface area contributed by atoms with Gasteiger partial charge in [0.2, 0.25) is 0 Å². The standard InChI is InChI=1S/C16H24BrClO2/c1-4-5-6-7-8-9-14(18)12-10-15(19-2)16(20-3)11-13(12)17/h10-11,14H,4-9H2,1-3H3. The summed E-state index contributed by atoms with van der Waals surface area (Å²) in [6, 6.07) is 3.88. The number of ether oxygens (including phenoxy) is 2. The molecule has 2 nitrogen and oxygen atoms in total. The van der Waals surface area contributed by atoms with Crippen LogP contribution >= 0.6 is 27.5 Å². The van der Waals surface area contributed by atoms with Crippen molar-refractivity contribution in [3.05, 3.63) is 22.2 Å². The zero-order chi connectivity index (χ0) is 15.0. The molecule has 1 rings (SSSR count). The monoisotopic (exact) mass is 362 g/mol. The lowest BCUT2D eigenvalue weighted by Crippen LogP contribution is -1.97. The molecule has 0 radical (unpaired) electrons. The third-order valence-electron chi connectivity index (χ3n) is 3.40.